The Balaban J connectivity index is 2.56. The highest BCUT2D eigenvalue weighted by Gasteiger charge is 2.03. The molecule has 92 valence electrons. The Morgan fingerprint density at radius 3 is 2.82 bits per heavy atom. The predicted molar refractivity (Wildman–Crippen MR) is 62.7 cm³/mol. The number of rotatable bonds is 4. The molecule has 0 amide bonds. The van der Waals surface area contributed by atoms with E-state index in [1.165, 1.54) is 19.2 Å². The molecular weight excluding hydrogens is 247 g/mol. The van der Waals surface area contributed by atoms with Crippen molar-refractivity contribution >= 4 is 17.6 Å². The van der Waals surface area contributed by atoms with Gasteiger partial charge in [-0.1, -0.05) is 11.6 Å². The molecule has 0 aromatic heterocycles. The third kappa shape index (κ3) is 4.07. The highest BCUT2D eigenvalue weighted by molar-refractivity contribution is 6.30. The number of halogens is 2. The quantitative estimate of drug-likeness (QED) is 0.615. The second-order valence-corrected chi connectivity index (χ2v) is 3.67. The highest BCUT2D eigenvalue weighted by Crippen LogP contribution is 2.20. The number of esters is 1. The summed E-state index contributed by atoms with van der Waals surface area (Å²) in [5.74, 6) is -0.616. The Labute approximate surface area is 104 Å². The largest absolute Gasteiger partial charge is 0.489 e. The molecule has 0 bridgehead atoms. The van der Waals surface area contributed by atoms with Crippen LogP contribution in [0.1, 0.15) is 6.92 Å². The van der Waals surface area contributed by atoms with Crippen LogP contribution in [0.3, 0.4) is 0 Å². The molecule has 0 aliphatic heterocycles. The van der Waals surface area contributed by atoms with E-state index in [9.17, 15) is 9.18 Å². The van der Waals surface area contributed by atoms with Crippen molar-refractivity contribution in [3.63, 3.8) is 0 Å². The van der Waals surface area contributed by atoms with Crippen molar-refractivity contribution in [2.24, 2.45) is 0 Å². The summed E-state index contributed by atoms with van der Waals surface area (Å²) in [5.41, 5.74) is 0.432. The van der Waals surface area contributed by atoms with E-state index in [1.54, 1.807) is 19.1 Å². The Kier molecular flexibility index (Phi) is 4.97. The monoisotopic (exact) mass is 258 g/mol. The summed E-state index contributed by atoms with van der Waals surface area (Å²) in [6.07, 6.45) is 1.55. The van der Waals surface area contributed by atoms with Crippen LogP contribution in [-0.4, -0.2) is 19.7 Å². The van der Waals surface area contributed by atoms with Gasteiger partial charge in [0, 0.05) is 11.6 Å². The second-order valence-electron chi connectivity index (χ2n) is 3.27. The van der Waals surface area contributed by atoms with E-state index in [0.717, 1.165) is 0 Å². The number of benzene rings is 1. The van der Waals surface area contributed by atoms with Crippen LogP contribution in [0, 0.1) is 5.82 Å². The normalized spacial score (nSPS) is 11.2. The third-order valence-corrected chi connectivity index (χ3v) is 2.34. The zero-order valence-electron chi connectivity index (χ0n) is 9.50. The second kappa shape index (κ2) is 6.25. The van der Waals surface area contributed by atoms with Crippen molar-refractivity contribution in [1.29, 1.82) is 0 Å². The maximum Gasteiger partial charge on any atom is 0.333 e. The van der Waals surface area contributed by atoms with Gasteiger partial charge in [0.1, 0.15) is 18.2 Å². The molecule has 0 fully saturated rings. The summed E-state index contributed by atoms with van der Waals surface area (Å²) in [6, 6.07) is 4.14. The van der Waals surface area contributed by atoms with Crippen molar-refractivity contribution in [2.45, 2.75) is 6.92 Å². The summed E-state index contributed by atoms with van der Waals surface area (Å²) >= 11 is 5.52. The molecule has 0 aliphatic rings. The Morgan fingerprint density at radius 1 is 1.53 bits per heavy atom. The fourth-order valence-electron chi connectivity index (χ4n) is 1.07. The first-order chi connectivity index (χ1) is 8.04. The minimum atomic E-state index is -0.544. The maximum absolute atomic E-state index is 13.0. The zero-order chi connectivity index (χ0) is 12.8. The Hall–Kier alpha value is -1.55. The summed E-state index contributed by atoms with van der Waals surface area (Å²) in [5, 5.41) is 0.0404. The highest BCUT2D eigenvalue weighted by atomic mass is 35.5. The van der Waals surface area contributed by atoms with Crippen molar-refractivity contribution < 1.29 is 18.7 Å². The van der Waals surface area contributed by atoms with Gasteiger partial charge in [0.05, 0.1) is 12.1 Å². The molecule has 1 aromatic rings. The molecule has 3 nitrogen and oxygen atoms in total. The van der Waals surface area contributed by atoms with E-state index in [2.05, 4.69) is 4.74 Å². The van der Waals surface area contributed by atoms with Crippen molar-refractivity contribution in [2.75, 3.05) is 13.7 Å². The van der Waals surface area contributed by atoms with Gasteiger partial charge in [-0.15, -0.1) is 0 Å². The van der Waals surface area contributed by atoms with Crippen molar-refractivity contribution in [3.8, 4) is 5.75 Å². The molecule has 0 saturated heterocycles. The SMILES string of the molecule is COC(=O)/C(C)=C/COc1ccc(Cl)c(F)c1. The van der Waals surface area contributed by atoms with Crippen LogP contribution in [0.25, 0.3) is 0 Å². The number of carbonyl (C=O) groups excluding carboxylic acids is 1. The molecule has 0 heterocycles. The molecule has 0 atom stereocenters. The van der Waals surface area contributed by atoms with Gasteiger partial charge < -0.3 is 9.47 Å². The lowest BCUT2D eigenvalue weighted by molar-refractivity contribution is -0.136. The lowest BCUT2D eigenvalue weighted by atomic mass is 10.3. The lowest BCUT2D eigenvalue weighted by Crippen LogP contribution is -2.04. The number of hydrogen-bond acceptors (Lipinski definition) is 3. The predicted octanol–water partition coefficient (Wildman–Crippen LogP) is 2.98. The molecule has 0 radical (unpaired) electrons. The number of ether oxygens (including phenoxy) is 2. The van der Waals surface area contributed by atoms with Crippen LogP contribution in [0.2, 0.25) is 5.02 Å². The van der Waals surface area contributed by atoms with Crippen LogP contribution < -0.4 is 4.74 Å². The topological polar surface area (TPSA) is 35.5 Å². The number of methoxy groups -OCH3 is 1. The minimum Gasteiger partial charge on any atom is -0.489 e. The first kappa shape index (κ1) is 13.5. The van der Waals surface area contributed by atoms with Crippen molar-refractivity contribution in [1.82, 2.24) is 0 Å². The van der Waals surface area contributed by atoms with Gasteiger partial charge in [-0.05, 0) is 25.1 Å². The van der Waals surface area contributed by atoms with Crippen molar-refractivity contribution in [3.05, 3.63) is 40.7 Å². The fourth-order valence-corrected chi connectivity index (χ4v) is 1.19. The number of carbonyl (C=O) groups is 1. The van der Waals surface area contributed by atoms with E-state index in [4.69, 9.17) is 16.3 Å². The smallest absolute Gasteiger partial charge is 0.333 e. The molecule has 1 aromatic carbocycles. The molecule has 17 heavy (non-hydrogen) atoms. The van der Waals surface area contributed by atoms with Crippen LogP contribution in [0.15, 0.2) is 29.8 Å². The van der Waals surface area contributed by atoms with Crippen LogP contribution in [0.4, 0.5) is 4.39 Å². The van der Waals surface area contributed by atoms with Gasteiger partial charge in [-0.2, -0.15) is 0 Å². The Bertz CT molecular complexity index is 443. The molecule has 0 saturated carbocycles. The van der Waals surface area contributed by atoms with E-state index < -0.39 is 11.8 Å². The lowest BCUT2D eigenvalue weighted by Gasteiger charge is -2.04. The standard InChI is InChI=1S/C12H12ClFO3/c1-8(12(15)16-2)5-6-17-9-3-4-10(13)11(14)7-9/h3-5,7H,6H2,1-2H3/b8-5+. The molecule has 0 spiro atoms. The average molecular weight is 259 g/mol. The van der Waals surface area contributed by atoms with E-state index in [1.807, 2.05) is 0 Å². The van der Waals surface area contributed by atoms with Crippen LogP contribution in [-0.2, 0) is 9.53 Å². The summed E-state index contributed by atoms with van der Waals surface area (Å²) in [7, 11) is 1.30. The molecule has 0 N–H and O–H groups in total. The fraction of sp³-hybridized carbons (Fsp3) is 0.250. The van der Waals surface area contributed by atoms with Gasteiger partial charge >= 0.3 is 5.97 Å². The van der Waals surface area contributed by atoms with Crippen LogP contribution >= 0.6 is 11.6 Å². The van der Waals surface area contributed by atoms with Gasteiger partial charge in [0.15, 0.2) is 0 Å². The molecular formula is C12H12ClFO3. The zero-order valence-corrected chi connectivity index (χ0v) is 10.3. The van der Waals surface area contributed by atoms with Gasteiger partial charge in [0.25, 0.3) is 0 Å². The minimum absolute atomic E-state index is 0.0404. The first-order valence-electron chi connectivity index (χ1n) is 4.87. The average Bonchev–Trinajstić information content (AvgIpc) is 2.32. The van der Waals surface area contributed by atoms with Gasteiger partial charge in [-0.25, -0.2) is 9.18 Å². The summed E-state index contributed by atoms with van der Waals surface area (Å²) in [6.45, 7) is 1.76. The van der Waals surface area contributed by atoms with E-state index in [-0.39, 0.29) is 11.6 Å². The Morgan fingerprint density at radius 2 is 2.24 bits per heavy atom. The third-order valence-electron chi connectivity index (χ3n) is 2.04. The van der Waals surface area contributed by atoms with Crippen LogP contribution in [0.5, 0.6) is 5.75 Å². The first-order valence-corrected chi connectivity index (χ1v) is 5.25. The van der Waals surface area contributed by atoms with Gasteiger partial charge in [0.2, 0.25) is 0 Å². The maximum atomic E-state index is 13.0. The summed E-state index contributed by atoms with van der Waals surface area (Å²) in [4.78, 5) is 11.0. The van der Waals surface area contributed by atoms with E-state index >= 15 is 0 Å². The molecule has 5 heteroatoms. The summed E-state index contributed by atoms with van der Waals surface area (Å²) < 4.78 is 22.8. The number of hydrogen-bond donors (Lipinski definition) is 0. The molecule has 0 aliphatic carbocycles. The molecule has 1 rings (SSSR count). The van der Waals surface area contributed by atoms with Gasteiger partial charge in [-0.3, -0.25) is 0 Å². The van der Waals surface area contributed by atoms with E-state index in [0.29, 0.717) is 11.3 Å². The molecule has 0 unspecified atom stereocenters.